The average molecular weight is 395 g/mol. The summed E-state index contributed by atoms with van der Waals surface area (Å²) in [4.78, 5) is 11.9. The molecule has 0 heterocycles. The highest BCUT2D eigenvalue weighted by Gasteiger charge is 2.20. The Balaban J connectivity index is 2.31. The number of carboxylic acid groups (broad SMARTS) is 1. The largest absolute Gasteiger partial charge is 0.481 e. The van der Waals surface area contributed by atoms with Crippen molar-refractivity contribution >= 4 is 17.7 Å². The van der Waals surface area contributed by atoms with E-state index in [9.17, 15) is 9.90 Å². The van der Waals surface area contributed by atoms with Crippen LogP contribution in [0.4, 0.5) is 0 Å². The Morgan fingerprint density at radius 1 is 0.889 bits per heavy atom. The smallest absolute Gasteiger partial charge is 0.303 e. The minimum atomic E-state index is -0.784. The predicted octanol–water partition coefficient (Wildman–Crippen LogP) is 6.68. The molecule has 1 rings (SSSR count). The van der Waals surface area contributed by atoms with E-state index < -0.39 is 12.1 Å². The van der Waals surface area contributed by atoms with Crippen LogP contribution in [0, 0.1) is 0 Å². The van der Waals surface area contributed by atoms with Crippen LogP contribution in [-0.4, -0.2) is 27.5 Å². The zero-order valence-corrected chi connectivity index (χ0v) is 17.8. The van der Waals surface area contributed by atoms with Gasteiger partial charge in [-0.3, -0.25) is 4.79 Å². The van der Waals surface area contributed by atoms with Crippen molar-refractivity contribution in [3.05, 3.63) is 30.3 Å². The number of aliphatic carboxylic acids is 1. The molecule has 3 nitrogen and oxygen atoms in total. The van der Waals surface area contributed by atoms with E-state index in [1.807, 2.05) is 18.2 Å². The van der Waals surface area contributed by atoms with Crippen LogP contribution in [0.3, 0.4) is 0 Å². The summed E-state index contributed by atoms with van der Waals surface area (Å²) in [5.74, 6) is -0.784. The molecule has 1 aromatic rings. The summed E-state index contributed by atoms with van der Waals surface area (Å²) < 4.78 is 0. The lowest BCUT2D eigenvalue weighted by molar-refractivity contribution is -0.137. The maximum atomic E-state index is 10.7. The number of rotatable bonds is 17. The van der Waals surface area contributed by atoms with Gasteiger partial charge in [-0.25, -0.2) is 0 Å². The maximum absolute atomic E-state index is 10.7. The van der Waals surface area contributed by atoms with E-state index in [-0.39, 0.29) is 11.7 Å². The monoisotopic (exact) mass is 394 g/mol. The first kappa shape index (κ1) is 24.0. The molecule has 0 aromatic heterocycles. The van der Waals surface area contributed by atoms with Gasteiger partial charge in [-0.1, -0.05) is 82.9 Å². The van der Waals surface area contributed by atoms with E-state index in [4.69, 9.17) is 5.11 Å². The molecular weight excluding hydrogens is 356 g/mol. The third kappa shape index (κ3) is 12.9. The normalized spacial score (nSPS) is 13.4. The molecule has 0 saturated heterocycles. The molecule has 154 valence electrons. The molecule has 0 saturated carbocycles. The molecule has 4 heteroatoms. The lowest BCUT2D eigenvalue weighted by Crippen LogP contribution is -2.23. The lowest BCUT2D eigenvalue weighted by atomic mass is 10.0. The molecule has 0 bridgehead atoms. The molecule has 0 spiro atoms. The van der Waals surface area contributed by atoms with Gasteiger partial charge in [0.05, 0.1) is 6.10 Å². The first-order chi connectivity index (χ1) is 13.1. The zero-order valence-electron chi connectivity index (χ0n) is 16.9. The number of thioether (sulfide) groups is 1. The lowest BCUT2D eigenvalue weighted by Gasteiger charge is -2.22. The Kier molecular flexibility index (Phi) is 14.2. The van der Waals surface area contributed by atoms with Crippen LogP contribution in [0.15, 0.2) is 35.2 Å². The van der Waals surface area contributed by atoms with Gasteiger partial charge in [-0.05, 0) is 31.4 Å². The molecule has 0 aliphatic heterocycles. The number of benzene rings is 1. The number of unbranched alkanes of at least 4 members (excludes halogenated alkanes) is 8. The standard InChI is InChI=1S/C23H38O3S/c1-2-3-4-5-6-7-8-9-13-18-22(21(24)17-14-19-23(25)26)27-20-15-11-10-12-16-20/h10-12,15-16,21-22,24H,2-9,13-14,17-19H2,1H3,(H,25,26). The second-order valence-electron chi connectivity index (χ2n) is 7.44. The summed E-state index contributed by atoms with van der Waals surface area (Å²) in [6.45, 7) is 2.25. The van der Waals surface area contributed by atoms with Crippen molar-refractivity contribution in [2.45, 2.75) is 107 Å². The summed E-state index contributed by atoms with van der Waals surface area (Å²) in [5.41, 5.74) is 0. The van der Waals surface area contributed by atoms with Crippen molar-refractivity contribution in [3.63, 3.8) is 0 Å². The molecule has 0 aliphatic rings. The van der Waals surface area contributed by atoms with Gasteiger partial charge in [0.15, 0.2) is 0 Å². The summed E-state index contributed by atoms with van der Waals surface area (Å²) >= 11 is 1.74. The van der Waals surface area contributed by atoms with Gasteiger partial charge in [0.2, 0.25) is 0 Å². The molecule has 2 atom stereocenters. The number of carboxylic acids is 1. The fraction of sp³-hybridized carbons (Fsp3) is 0.696. The fourth-order valence-electron chi connectivity index (χ4n) is 3.31. The second-order valence-corrected chi connectivity index (χ2v) is 8.75. The number of hydrogen-bond donors (Lipinski definition) is 2. The first-order valence-corrected chi connectivity index (χ1v) is 11.6. The van der Waals surface area contributed by atoms with E-state index >= 15 is 0 Å². The van der Waals surface area contributed by atoms with Crippen molar-refractivity contribution in [2.75, 3.05) is 0 Å². The van der Waals surface area contributed by atoms with Crippen molar-refractivity contribution in [3.8, 4) is 0 Å². The molecule has 0 fully saturated rings. The van der Waals surface area contributed by atoms with Crippen LogP contribution >= 0.6 is 11.8 Å². The van der Waals surface area contributed by atoms with Crippen LogP contribution in [0.1, 0.15) is 90.4 Å². The van der Waals surface area contributed by atoms with Crippen LogP contribution in [0.25, 0.3) is 0 Å². The fourth-order valence-corrected chi connectivity index (χ4v) is 4.55. The summed E-state index contributed by atoms with van der Waals surface area (Å²) in [5, 5.41) is 19.5. The van der Waals surface area contributed by atoms with Gasteiger partial charge in [0.25, 0.3) is 0 Å². The van der Waals surface area contributed by atoms with Gasteiger partial charge in [-0.15, -0.1) is 11.8 Å². The number of hydrogen-bond acceptors (Lipinski definition) is 3. The van der Waals surface area contributed by atoms with Crippen molar-refractivity contribution < 1.29 is 15.0 Å². The Morgan fingerprint density at radius 3 is 2.07 bits per heavy atom. The second kappa shape index (κ2) is 16.0. The van der Waals surface area contributed by atoms with Gasteiger partial charge >= 0.3 is 5.97 Å². The van der Waals surface area contributed by atoms with Crippen LogP contribution in [0.2, 0.25) is 0 Å². The number of aliphatic hydroxyl groups excluding tert-OH is 1. The maximum Gasteiger partial charge on any atom is 0.303 e. The summed E-state index contributed by atoms with van der Waals surface area (Å²) in [6.07, 6.45) is 13.5. The molecule has 0 radical (unpaired) electrons. The molecule has 27 heavy (non-hydrogen) atoms. The van der Waals surface area contributed by atoms with Crippen LogP contribution in [-0.2, 0) is 4.79 Å². The third-order valence-electron chi connectivity index (χ3n) is 4.94. The van der Waals surface area contributed by atoms with Crippen LogP contribution < -0.4 is 0 Å². The summed E-state index contributed by atoms with van der Waals surface area (Å²) in [7, 11) is 0. The van der Waals surface area contributed by atoms with E-state index in [1.54, 1.807) is 11.8 Å². The molecule has 0 aliphatic carbocycles. The topological polar surface area (TPSA) is 57.5 Å². The molecular formula is C23H38O3S. The van der Waals surface area contributed by atoms with E-state index in [2.05, 4.69) is 19.1 Å². The first-order valence-electron chi connectivity index (χ1n) is 10.7. The zero-order chi connectivity index (χ0) is 19.7. The Hall–Kier alpha value is -1.00. The number of aliphatic hydroxyl groups is 1. The van der Waals surface area contributed by atoms with E-state index in [1.165, 1.54) is 56.3 Å². The van der Waals surface area contributed by atoms with Crippen molar-refractivity contribution in [1.82, 2.24) is 0 Å². The molecule has 1 aromatic carbocycles. The predicted molar refractivity (Wildman–Crippen MR) is 115 cm³/mol. The van der Waals surface area contributed by atoms with E-state index in [0.717, 1.165) is 12.8 Å². The highest BCUT2D eigenvalue weighted by atomic mass is 32.2. The average Bonchev–Trinajstić information content (AvgIpc) is 2.66. The van der Waals surface area contributed by atoms with E-state index in [0.29, 0.717) is 12.8 Å². The molecule has 0 amide bonds. The quantitative estimate of drug-likeness (QED) is 0.228. The minimum Gasteiger partial charge on any atom is -0.481 e. The van der Waals surface area contributed by atoms with Gasteiger partial charge in [0.1, 0.15) is 0 Å². The highest BCUT2D eigenvalue weighted by Crippen LogP contribution is 2.31. The Bertz CT molecular complexity index is 478. The van der Waals surface area contributed by atoms with Gasteiger partial charge in [-0.2, -0.15) is 0 Å². The Labute approximate surface area is 170 Å². The SMILES string of the molecule is CCCCCCCCCCCC(Sc1ccccc1)C(O)CCCC(=O)O. The van der Waals surface area contributed by atoms with Gasteiger partial charge in [0, 0.05) is 16.6 Å². The van der Waals surface area contributed by atoms with Crippen molar-refractivity contribution in [2.24, 2.45) is 0 Å². The van der Waals surface area contributed by atoms with Crippen LogP contribution in [0.5, 0.6) is 0 Å². The number of carbonyl (C=O) groups is 1. The summed E-state index contributed by atoms with van der Waals surface area (Å²) in [6, 6.07) is 10.2. The van der Waals surface area contributed by atoms with Crippen molar-refractivity contribution in [1.29, 1.82) is 0 Å². The Morgan fingerprint density at radius 2 is 1.48 bits per heavy atom. The molecule has 2 N–H and O–H groups in total. The molecule has 2 unspecified atom stereocenters. The van der Waals surface area contributed by atoms with Gasteiger partial charge < -0.3 is 10.2 Å². The highest BCUT2D eigenvalue weighted by molar-refractivity contribution is 8.00. The minimum absolute atomic E-state index is 0.137. The third-order valence-corrected chi connectivity index (χ3v) is 6.34.